The molecule has 1 heterocycles. The molecule has 1 aromatic carbocycles. The van der Waals surface area contributed by atoms with Crippen LogP contribution in [0, 0.1) is 0 Å². The third kappa shape index (κ3) is 2.10. The largest absolute Gasteiger partial charge is 0.384 e. The van der Waals surface area contributed by atoms with Gasteiger partial charge < -0.3 is 5.73 Å². The minimum absolute atomic E-state index is 0.694. The molecular weight excluding hydrogens is 246 g/mol. The van der Waals surface area contributed by atoms with Crippen LogP contribution in [0.4, 0.5) is 5.82 Å². The Morgan fingerprint density at radius 3 is 2.89 bits per heavy atom. The van der Waals surface area contributed by atoms with Crippen molar-refractivity contribution in [3.8, 4) is 0 Å². The summed E-state index contributed by atoms with van der Waals surface area (Å²) in [5.41, 5.74) is 9.75. The van der Waals surface area contributed by atoms with Crippen LogP contribution in [-0.2, 0) is 19.4 Å². The molecule has 18 heavy (non-hydrogen) atoms. The Kier molecular flexibility index (Phi) is 3.00. The highest BCUT2D eigenvalue weighted by Crippen LogP contribution is 2.26. The second kappa shape index (κ2) is 4.65. The van der Waals surface area contributed by atoms with Crippen LogP contribution in [0.3, 0.4) is 0 Å². The lowest BCUT2D eigenvalue weighted by molar-refractivity contribution is 0.647. The van der Waals surface area contributed by atoms with Crippen molar-refractivity contribution in [1.82, 2.24) is 9.78 Å². The van der Waals surface area contributed by atoms with E-state index < -0.39 is 0 Å². The van der Waals surface area contributed by atoms with Gasteiger partial charge in [-0.2, -0.15) is 5.10 Å². The molecule has 1 aliphatic rings. The van der Waals surface area contributed by atoms with E-state index in [9.17, 15) is 0 Å². The van der Waals surface area contributed by atoms with Crippen molar-refractivity contribution < 1.29 is 0 Å². The van der Waals surface area contributed by atoms with E-state index in [0.717, 1.165) is 29.2 Å². The highest BCUT2D eigenvalue weighted by Gasteiger charge is 2.18. The van der Waals surface area contributed by atoms with Crippen LogP contribution in [0.2, 0.25) is 5.02 Å². The summed E-state index contributed by atoms with van der Waals surface area (Å²) in [6.45, 7) is 0.694. The maximum absolute atomic E-state index is 6.18. The third-order valence-corrected chi connectivity index (χ3v) is 3.72. The monoisotopic (exact) mass is 261 g/mol. The quantitative estimate of drug-likeness (QED) is 0.903. The first kappa shape index (κ1) is 11.6. The zero-order valence-electron chi connectivity index (χ0n) is 10.2. The zero-order valence-corrected chi connectivity index (χ0v) is 11.0. The van der Waals surface area contributed by atoms with E-state index >= 15 is 0 Å². The first-order valence-electron chi connectivity index (χ1n) is 6.32. The van der Waals surface area contributed by atoms with E-state index in [1.807, 2.05) is 28.9 Å². The number of nitrogens with two attached hydrogens (primary N) is 1. The summed E-state index contributed by atoms with van der Waals surface area (Å²) in [6.07, 6.45) is 4.57. The van der Waals surface area contributed by atoms with Crippen LogP contribution in [0.25, 0.3) is 0 Å². The summed E-state index contributed by atoms with van der Waals surface area (Å²) >= 11 is 5.99. The number of aryl methyl sites for hydroxylation is 1. The summed E-state index contributed by atoms with van der Waals surface area (Å²) in [5.74, 6) is 0.824. The topological polar surface area (TPSA) is 43.8 Å². The van der Waals surface area contributed by atoms with Gasteiger partial charge in [0, 0.05) is 10.6 Å². The summed E-state index contributed by atoms with van der Waals surface area (Å²) in [7, 11) is 0. The summed E-state index contributed by atoms with van der Waals surface area (Å²) in [5, 5.41) is 5.38. The Hall–Kier alpha value is -1.48. The van der Waals surface area contributed by atoms with Crippen molar-refractivity contribution in [2.45, 2.75) is 32.2 Å². The van der Waals surface area contributed by atoms with Crippen molar-refractivity contribution >= 4 is 17.4 Å². The van der Waals surface area contributed by atoms with Gasteiger partial charge in [-0.1, -0.05) is 23.7 Å². The number of fused-ring (bicyclic) bond motifs is 1. The fourth-order valence-corrected chi connectivity index (χ4v) is 2.77. The van der Waals surface area contributed by atoms with Gasteiger partial charge in [-0.3, -0.25) is 0 Å². The molecule has 1 aromatic heterocycles. The van der Waals surface area contributed by atoms with E-state index in [1.54, 1.807) is 0 Å². The highest BCUT2D eigenvalue weighted by atomic mass is 35.5. The minimum Gasteiger partial charge on any atom is -0.384 e. The number of halogens is 1. The van der Waals surface area contributed by atoms with Crippen LogP contribution >= 0.6 is 11.6 Å². The van der Waals surface area contributed by atoms with E-state index in [-0.39, 0.29) is 0 Å². The number of hydrogen-bond acceptors (Lipinski definition) is 2. The van der Waals surface area contributed by atoms with E-state index in [4.69, 9.17) is 17.3 Å². The number of aromatic nitrogens is 2. The first-order chi connectivity index (χ1) is 8.74. The van der Waals surface area contributed by atoms with Gasteiger partial charge in [0.05, 0.1) is 12.2 Å². The van der Waals surface area contributed by atoms with Crippen LogP contribution < -0.4 is 5.73 Å². The molecule has 0 bridgehead atoms. The Bertz CT molecular complexity index is 574. The molecule has 0 saturated heterocycles. The molecule has 0 atom stereocenters. The molecule has 0 unspecified atom stereocenters. The number of benzene rings is 1. The highest BCUT2D eigenvalue weighted by molar-refractivity contribution is 6.30. The second-order valence-corrected chi connectivity index (χ2v) is 5.24. The normalized spacial score (nSPS) is 14.5. The van der Waals surface area contributed by atoms with Gasteiger partial charge in [-0.05, 0) is 43.4 Å². The van der Waals surface area contributed by atoms with Gasteiger partial charge >= 0.3 is 0 Å². The van der Waals surface area contributed by atoms with Crippen molar-refractivity contribution in [3.63, 3.8) is 0 Å². The molecular formula is C14H16ClN3. The smallest absolute Gasteiger partial charge is 0.125 e. The zero-order chi connectivity index (χ0) is 12.5. The van der Waals surface area contributed by atoms with Gasteiger partial charge in [-0.25, -0.2) is 4.68 Å². The average Bonchev–Trinajstić information content (AvgIpc) is 2.67. The molecule has 2 aromatic rings. The lowest BCUT2D eigenvalue weighted by Crippen LogP contribution is -2.06. The lowest BCUT2D eigenvalue weighted by atomic mass is 9.98. The molecule has 94 valence electrons. The van der Waals surface area contributed by atoms with E-state index in [1.165, 1.54) is 24.1 Å². The van der Waals surface area contributed by atoms with Gasteiger partial charge in [0.2, 0.25) is 0 Å². The fourth-order valence-electron chi connectivity index (χ4n) is 2.56. The first-order valence-corrected chi connectivity index (χ1v) is 6.70. The van der Waals surface area contributed by atoms with Crippen LogP contribution in [-0.4, -0.2) is 9.78 Å². The fraction of sp³-hybridized carbons (Fsp3) is 0.357. The van der Waals surface area contributed by atoms with Crippen molar-refractivity contribution in [3.05, 3.63) is 46.1 Å². The molecule has 2 N–H and O–H groups in total. The van der Waals surface area contributed by atoms with Crippen molar-refractivity contribution in [1.29, 1.82) is 0 Å². The molecule has 3 nitrogen and oxygen atoms in total. The predicted molar refractivity (Wildman–Crippen MR) is 73.8 cm³/mol. The number of rotatable bonds is 2. The Balaban J connectivity index is 1.91. The number of nitrogens with zero attached hydrogens (tertiary/aromatic N) is 2. The number of nitrogen functional groups attached to an aromatic ring is 1. The van der Waals surface area contributed by atoms with E-state index in [2.05, 4.69) is 5.10 Å². The maximum atomic E-state index is 6.18. The maximum Gasteiger partial charge on any atom is 0.125 e. The number of anilines is 1. The summed E-state index contributed by atoms with van der Waals surface area (Å²) in [6, 6.07) is 7.84. The molecule has 3 rings (SSSR count). The standard InChI is InChI=1S/C14H16ClN3/c15-11-5-3-4-10(8-11)9-18-14(16)12-6-1-2-7-13(12)17-18/h3-5,8H,1-2,6-7,9,16H2. The molecule has 0 fully saturated rings. The van der Waals surface area contributed by atoms with Crippen molar-refractivity contribution in [2.24, 2.45) is 0 Å². The lowest BCUT2D eigenvalue weighted by Gasteiger charge is -2.08. The molecule has 0 spiro atoms. The molecule has 0 amide bonds. The Morgan fingerprint density at radius 2 is 2.11 bits per heavy atom. The third-order valence-electron chi connectivity index (χ3n) is 3.49. The van der Waals surface area contributed by atoms with Crippen LogP contribution in [0.1, 0.15) is 29.7 Å². The molecule has 0 saturated carbocycles. The van der Waals surface area contributed by atoms with E-state index in [0.29, 0.717) is 6.54 Å². The Morgan fingerprint density at radius 1 is 1.28 bits per heavy atom. The second-order valence-electron chi connectivity index (χ2n) is 4.81. The van der Waals surface area contributed by atoms with Crippen LogP contribution in [0.5, 0.6) is 0 Å². The van der Waals surface area contributed by atoms with Crippen LogP contribution in [0.15, 0.2) is 24.3 Å². The molecule has 4 heteroatoms. The summed E-state index contributed by atoms with van der Waals surface area (Å²) < 4.78 is 1.90. The summed E-state index contributed by atoms with van der Waals surface area (Å²) in [4.78, 5) is 0. The van der Waals surface area contributed by atoms with Crippen molar-refractivity contribution in [2.75, 3.05) is 5.73 Å². The van der Waals surface area contributed by atoms with Gasteiger partial charge in [0.25, 0.3) is 0 Å². The molecule has 0 aliphatic heterocycles. The van der Waals surface area contributed by atoms with Gasteiger partial charge in [-0.15, -0.1) is 0 Å². The van der Waals surface area contributed by atoms with Gasteiger partial charge in [0.1, 0.15) is 5.82 Å². The Labute approximate surface area is 112 Å². The predicted octanol–water partition coefficient (Wildman–Crippen LogP) is 3.05. The minimum atomic E-state index is 0.694. The average molecular weight is 262 g/mol. The SMILES string of the molecule is Nc1c2c(nn1Cc1cccc(Cl)c1)CCCC2. The molecule has 1 aliphatic carbocycles. The molecule has 0 radical (unpaired) electrons. The van der Waals surface area contributed by atoms with Gasteiger partial charge in [0.15, 0.2) is 0 Å². The number of hydrogen-bond donors (Lipinski definition) is 1.